The van der Waals surface area contributed by atoms with Crippen LogP contribution in [-0.4, -0.2) is 55.7 Å². The van der Waals surface area contributed by atoms with E-state index in [2.05, 4.69) is 47.2 Å². The summed E-state index contributed by atoms with van der Waals surface area (Å²) in [5.74, 6) is 0.771. The van der Waals surface area contributed by atoms with E-state index in [0.29, 0.717) is 0 Å². The van der Waals surface area contributed by atoms with Gasteiger partial charge in [0, 0.05) is 25.7 Å². The van der Waals surface area contributed by atoms with Crippen LogP contribution in [-0.2, 0) is 11.3 Å². The third-order valence-electron chi connectivity index (χ3n) is 5.23. The van der Waals surface area contributed by atoms with Gasteiger partial charge in [0.1, 0.15) is 0 Å². The molecule has 0 N–H and O–H groups in total. The fraction of sp³-hybridized carbons (Fsp3) is 0.684. The van der Waals surface area contributed by atoms with Gasteiger partial charge >= 0.3 is 0 Å². The maximum absolute atomic E-state index is 5.61. The standard InChI is InChI=1S/C19H30N2O/c1-20(14-17-6-3-2-4-7-17)19-9-11-21(12-10-19)15-18-8-5-13-22-16-18/h2-4,6-7,18-19H,5,8-16H2,1H3. The van der Waals surface area contributed by atoms with Gasteiger partial charge in [-0.3, -0.25) is 4.90 Å². The van der Waals surface area contributed by atoms with Gasteiger partial charge in [-0.15, -0.1) is 0 Å². The summed E-state index contributed by atoms with van der Waals surface area (Å²) in [6.07, 6.45) is 5.21. The van der Waals surface area contributed by atoms with Gasteiger partial charge in [-0.25, -0.2) is 0 Å². The van der Waals surface area contributed by atoms with Crippen LogP contribution in [0.1, 0.15) is 31.2 Å². The minimum absolute atomic E-state index is 0.735. The molecular weight excluding hydrogens is 272 g/mol. The molecule has 1 atom stereocenters. The van der Waals surface area contributed by atoms with Gasteiger partial charge in [0.05, 0.1) is 6.61 Å². The lowest BCUT2D eigenvalue weighted by molar-refractivity contribution is 0.0293. The number of piperidine rings is 1. The first-order chi connectivity index (χ1) is 10.8. The van der Waals surface area contributed by atoms with Crippen molar-refractivity contribution in [1.29, 1.82) is 0 Å². The van der Waals surface area contributed by atoms with Gasteiger partial charge in [-0.2, -0.15) is 0 Å². The number of benzene rings is 1. The second-order valence-corrected chi connectivity index (χ2v) is 7.02. The van der Waals surface area contributed by atoms with Crippen LogP contribution in [0.5, 0.6) is 0 Å². The van der Waals surface area contributed by atoms with Gasteiger partial charge < -0.3 is 9.64 Å². The van der Waals surface area contributed by atoms with Crippen LogP contribution < -0.4 is 0 Å². The Balaban J connectivity index is 1.41. The van der Waals surface area contributed by atoms with Crippen molar-refractivity contribution in [2.75, 3.05) is 39.9 Å². The van der Waals surface area contributed by atoms with E-state index in [-0.39, 0.29) is 0 Å². The van der Waals surface area contributed by atoms with Crippen LogP contribution >= 0.6 is 0 Å². The van der Waals surface area contributed by atoms with Crippen LogP contribution in [0.25, 0.3) is 0 Å². The number of likely N-dealkylation sites (tertiary alicyclic amines) is 1. The Bertz CT molecular complexity index is 422. The average molecular weight is 302 g/mol. The average Bonchev–Trinajstić information content (AvgIpc) is 2.57. The van der Waals surface area contributed by atoms with E-state index in [0.717, 1.165) is 31.7 Å². The summed E-state index contributed by atoms with van der Waals surface area (Å²) in [6, 6.07) is 11.6. The number of hydrogen-bond donors (Lipinski definition) is 0. The molecule has 0 aromatic heterocycles. The Hall–Kier alpha value is -0.900. The zero-order chi connectivity index (χ0) is 15.2. The SMILES string of the molecule is CN(Cc1ccccc1)C1CCN(CC2CCCOC2)CC1. The summed E-state index contributed by atoms with van der Waals surface area (Å²) in [5, 5.41) is 0. The molecule has 3 nitrogen and oxygen atoms in total. The summed E-state index contributed by atoms with van der Waals surface area (Å²) in [4.78, 5) is 5.20. The summed E-state index contributed by atoms with van der Waals surface area (Å²) in [7, 11) is 2.28. The largest absolute Gasteiger partial charge is 0.381 e. The van der Waals surface area contributed by atoms with Crippen molar-refractivity contribution < 1.29 is 4.74 Å². The summed E-state index contributed by atoms with van der Waals surface area (Å²) < 4.78 is 5.61. The van der Waals surface area contributed by atoms with Crippen molar-refractivity contribution in [2.24, 2.45) is 5.92 Å². The van der Waals surface area contributed by atoms with E-state index in [4.69, 9.17) is 4.74 Å². The second-order valence-electron chi connectivity index (χ2n) is 7.02. The normalized spacial score (nSPS) is 24.7. The summed E-state index contributed by atoms with van der Waals surface area (Å²) in [5.41, 5.74) is 1.42. The van der Waals surface area contributed by atoms with Crippen LogP contribution in [0.15, 0.2) is 30.3 Å². The van der Waals surface area contributed by atoms with Crippen LogP contribution in [0, 0.1) is 5.92 Å². The zero-order valence-corrected chi connectivity index (χ0v) is 13.9. The molecule has 2 aliphatic heterocycles. The first-order valence-electron chi connectivity index (χ1n) is 8.85. The third-order valence-corrected chi connectivity index (χ3v) is 5.23. The lowest BCUT2D eigenvalue weighted by Crippen LogP contribution is -2.45. The predicted octanol–water partition coefficient (Wildman–Crippen LogP) is 3.01. The van der Waals surface area contributed by atoms with E-state index in [9.17, 15) is 0 Å². The molecule has 122 valence electrons. The Morgan fingerprint density at radius 1 is 1.14 bits per heavy atom. The molecule has 0 saturated carbocycles. The molecule has 0 radical (unpaired) electrons. The van der Waals surface area contributed by atoms with E-state index >= 15 is 0 Å². The monoisotopic (exact) mass is 302 g/mol. The van der Waals surface area contributed by atoms with E-state index in [1.807, 2.05) is 0 Å². The van der Waals surface area contributed by atoms with Crippen molar-refractivity contribution >= 4 is 0 Å². The lowest BCUT2D eigenvalue weighted by Gasteiger charge is -2.38. The number of rotatable bonds is 5. The van der Waals surface area contributed by atoms with E-state index < -0.39 is 0 Å². The summed E-state index contributed by atoms with van der Waals surface area (Å²) >= 11 is 0. The quantitative estimate of drug-likeness (QED) is 0.831. The van der Waals surface area contributed by atoms with Crippen LogP contribution in [0.3, 0.4) is 0 Å². The first-order valence-corrected chi connectivity index (χ1v) is 8.85. The molecule has 0 spiro atoms. The molecule has 2 saturated heterocycles. The van der Waals surface area contributed by atoms with Crippen molar-refractivity contribution in [3.05, 3.63) is 35.9 Å². The van der Waals surface area contributed by atoms with Crippen molar-refractivity contribution in [3.8, 4) is 0 Å². The Labute approximate surface area is 135 Å². The highest BCUT2D eigenvalue weighted by Crippen LogP contribution is 2.21. The molecule has 0 bridgehead atoms. The predicted molar refractivity (Wildman–Crippen MR) is 90.9 cm³/mol. The number of nitrogens with zero attached hydrogens (tertiary/aromatic N) is 2. The van der Waals surface area contributed by atoms with Crippen LogP contribution in [0.4, 0.5) is 0 Å². The molecule has 3 heteroatoms. The molecule has 2 fully saturated rings. The van der Waals surface area contributed by atoms with Crippen LogP contribution in [0.2, 0.25) is 0 Å². The molecule has 2 aliphatic rings. The first kappa shape index (κ1) is 16.0. The number of ether oxygens (including phenoxy) is 1. The molecule has 1 aromatic rings. The van der Waals surface area contributed by atoms with Gasteiger partial charge in [-0.1, -0.05) is 30.3 Å². The topological polar surface area (TPSA) is 15.7 Å². The van der Waals surface area contributed by atoms with E-state index in [1.54, 1.807) is 0 Å². The Kier molecular flexibility index (Phi) is 5.88. The Morgan fingerprint density at radius 2 is 1.91 bits per heavy atom. The fourth-order valence-corrected chi connectivity index (χ4v) is 3.86. The van der Waals surface area contributed by atoms with Crippen molar-refractivity contribution in [1.82, 2.24) is 9.80 Å². The highest BCUT2D eigenvalue weighted by atomic mass is 16.5. The zero-order valence-electron chi connectivity index (χ0n) is 13.9. The summed E-state index contributed by atoms with van der Waals surface area (Å²) in [6.45, 7) is 6.77. The fourth-order valence-electron chi connectivity index (χ4n) is 3.86. The van der Waals surface area contributed by atoms with Crippen molar-refractivity contribution in [3.63, 3.8) is 0 Å². The highest BCUT2D eigenvalue weighted by Gasteiger charge is 2.25. The van der Waals surface area contributed by atoms with Crippen molar-refractivity contribution in [2.45, 2.75) is 38.3 Å². The maximum atomic E-state index is 5.61. The second kappa shape index (κ2) is 8.09. The molecule has 22 heavy (non-hydrogen) atoms. The molecule has 1 unspecified atom stereocenters. The van der Waals surface area contributed by atoms with Gasteiger partial charge in [0.15, 0.2) is 0 Å². The molecule has 0 aliphatic carbocycles. The van der Waals surface area contributed by atoms with E-state index in [1.165, 1.54) is 50.9 Å². The smallest absolute Gasteiger partial charge is 0.0506 e. The highest BCUT2D eigenvalue weighted by molar-refractivity contribution is 5.14. The lowest BCUT2D eigenvalue weighted by atomic mass is 9.98. The minimum atomic E-state index is 0.735. The molecule has 3 rings (SSSR count). The Morgan fingerprint density at radius 3 is 2.59 bits per heavy atom. The molecule has 1 aromatic carbocycles. The van der Waals surface area contributed by atoms with Gasteiger partial charge in [0.25, 0.3) is 0 Å². The number of hydrogen-bond acceptors (Lipinski definition) is 3. The van der Waals surface area contributed by atoms with Gasteiger partial charge in [-0.05, 0) is 57.3 Å². The molecule has 2 heterocycles. The molecule has 0 amide bonds. The molecular formula is C19H30N2O. The third kappa shape index (κ3) is 4.55. The maximum Gasteiger partial charge on any atom is 0.0506 e. The minimum Gasteiger partial charge on any atom is -0.381 e. The van der Waals surface area contributed by atoms with Gasteiger partial charge in [0.2, 0.25) is 0 Å².